The number of halogens is 2. The average Bonchev–Trinajstić information content (AvgIpc) is 2.61. The van der Waals surface area contributed by atoms with Gasteiger partial charge in [0.1, 0.15) is 5.54 Å². The van der Waals surface area contributed by atoms with Gasteiger partial charge in [0.25, 0.3) is 0 Å². The first-order valence-electron chi connectivity index (χ1n) is 9.85. The molecule has 0 aromatic rings. The molecule has 0 spiro atoms. The molecule has 0 radical (unpaired) electrons. The SMILES string of the molecule is CCOC1CC(N)(C(=O)N2CCC(N3CCOC(C)C3)CC2)C1(C)C.Cl.Cl. The summed E-state index contributed by atoms with van der Waals surface area (Å²) >= 11 is 0. The molecule has 2 N–H and O–H groups in total. The first-order valence-corrected chi connectivity index (χ1v) is 9.85. The second-order valence-corrected chi connectivity index (χ2v) is 8.54. The summed E-state index contributed by atoms with van der Waals surface area (Å²) in [7, 11) is 0. The summed E-state index contributed by atoms with van der Waals surface area (Å²) in [6.45, 7) is 13.4. The summed E-state index contributed by atoms with van der Waals surface area (Å²) < 4.78 is 11.4. The third-order valence-corrected chi connectivity index (χ3v) is 6.75. The Morgan fingerprint density at radius 3 is 2.37 bits per heavy atom. The van der Waals surface area contributed by atoms with Gasteiger partial charge in [-0.25, -0.2) is 0 Å². The molecule has 8 heteroatoms. The van der Waals surface area contributed by atoms with Crippen LogP contribution < -0.4 is 5.73 Å². The van der Waals surface area contributed by atoms with E-state index in [2.05, 4.69) is 25.7 Å². The Bertz CT molecular complexity index is 501. The molecule has 2 heterocycles. The van der Waals surface area contributed by atoms with Gasteiger partial charge in [-0.15, -0.1) is 24.8 Å². The fourth-order valence-electron chi connectivity index (χ4n) is 4.69. The highest BCUT2D eigenvalue weighted by Gasteiger charge is 2.63. The second-order valence-electron chi connectivity index (χ2n) is 8.54. The Morgan fingerprint density at radius 1 is 1.22 bits per heavy atom. The van der Waals surface area contributed by atoms with Gasteiger partial charge in [-0.3, -0.25) is 9.69 Å². The van der Waals surface area contributed by atoms with Crippen LogP contribution in [0.4, 0.5) is 0 Å². The normalized spacial score (nSPS) is 34.2. The zero-order chi connectivity index (χ0) is 18.2. The first kappa shape index (κ1) is 24.9. The molecule has 1 saturated carbocycles. The van der Waals surface area contributed by atoms with Crippen molar-refractivity contribution in [3.8, 4) is 0 Å². The fourth-order valence-corrected chi connectivity index (χ4v) is 4.69. The van der Waals surface area contributed by atoms with Gasteiger partial charge >= 0.3 is 0 Å². The minimum absolute atomic E-state index is 0. The van der Waals surface area contributed by atoms with Crippen molar-refractivity contribution in [2.24, 2.45) is 11.1 Å². The van der Waals surface area contributed by atoms with Crippen LogP contribution in [0.2, 0.25) is 0 Å². The Kier molecular flexibility index (Phi) is 8.86. The molecule has 3 rings (SSSR count). The van der Waals surface area contributed by atoms with Crippen molar-refractivity contribution in [3.05, 3.63) is 0 Å². The van der Waals surface area contributed by atoms with Crippen LogP contribution in [0.15, 0.2) is 0 Å². The number of carbonyl (C=O) groups excluding carboxylic acids is 1. The highest BCUT2D eigenvalue weighted by molar-refractivity contribution is 5.89. The maximum atomic E-state index is 13.1. The van der Waals surface area contributed by atoms with Crippen molar-refractivity contribution in [2.45, 2.75) is 70.7 Å². The van der Waals surface area contributed by atoms with Gasteiger partial charge in [-0.2, -0.15) is 0 Å². The van der Waals surface area contributed by atoms with Crippen LogP contribution in [0, 0.1) is 5.41 Å². The molecule has 0 aromatic heterocycles. The van der Waals surface area contributed by atoms with Gasteiger partial charge in [0.05, 0.1) is 18.8 Å². The van der Waals surface area contributed by atoms with Crippen LogP contribution in [-0.4, -0.2) is 78.9 Å². The number of rotatable bonds is 4. The van der Waals surface area contributed by atoms with Crippen molar-refractivity contribution in [1.82, 2.24) is 9.80 Å². The molecule has 3 aliphatic rings. The van der Waals surface area contributed by atoms with Gasteiger partial charge in [-0.1, -0.05) is 13.8 Å². The van der Waals surface area contributed by atoms with Crippen LogP contribution in [0.5, 0.6) is 0 Å². The summed E-state index contributed by atoms with van der Waals surface area (Å²) in [6, 6.07) is 0.565. The molecule has 3 unspecified atom stereocenters. The van der Waals surface area contributed by atoms with Gasteiger partial charge in [0, 0.05) is 50.7 Å². The molecule has 160 valence electrons. The molecule has 3 fully saturated rings. The zero-order valence-electron chi connectivity index (χ0n) is 17.1. The number of nitrogens with zero attached hydrogens (tertiary/aromatic N) is 2. The van der Waals surface area contributed by atoms with Gasteiger partial charge in [0.15, 0.2) is 0 Å². The summed E-state index contributed by atoms with van der Waals surface area (Å²) in [4.78, 5) is 17.6. The maximum absolute atomic E-state index is 13.1. The lowest BCUT2D eigenvalue weighted by Gasteiger charge is -2.59. The minimum atomic E-state index is -0.785. The molecule has 0 bridgehead atoms. The smallest absolute Gasteiger partial charge is 0.243 e. The summed E-state index contributed by atoms with van der Waals surface area (Å²) in [6.07, 6.45) is 3.09. The van der Waals surface area contributed by atoms with Crippen molar-refractivity contribution in [1.29, 1.82) is 0 Å². The number of hydrogen-bond donors (Lipinski definition) is 1. The molecule has 6 nitrogen and oxygen atoms in total. The fraction of sp³-hybridized carbons (Fsp3) is 0.947. The Morgan fingerprint density at radius 2 is 1.85 bits per heavy atom. The number of morpholine rings is 1. The minimum Gasteiger partial charge on any atom is -0.378 e. The number of likely N-dealkylation sites (tertiary alicyclic amines) is 1. The van der Waals surface area contributed by atoms with Crippen molar-refractivity contribution >= 4 is 30.7 Å². The Balaban J connectivity index is 0.00000182. The highest BCUT2D eigenvalue weighted by atomic mass is 35.5. The Labute approximate surface area is 176 Å². The number of hydrogen-bond acceptors (Lipinski definition) is 5. The zero-order valence-corrected chi connectivity index (χ0v) is 18.7. The van der Waals surface area contributed by atoms with Gasteiger partial charge in [0.2, 0.25) is 5.91 Å². The second kappa shape index (κ2) is 9.59. The molecular weight excluding hydrogens is 389 g/mol. The van der Waals surface area contributed by atoms with E-state index in [4.69, 9.17) is 15.2 Å². The summed E-state index contributed by atoms with van der Waals surface area (Å²) in [5.41, 5.74) is 5.48. The quantitative estimate of drug-likeness (QED) is 0.746. The average molecular weight is 426 g/mol. The molecule has 2 aliphatic heterocycles. The molecule has 0 aromatic carbocycles. The first-order chi connectivity index (χ1) is 11.8. The van der Waals surface area contributed by atoms with Crippen LogP contribution in [0.1, 0.15) is 47.0 Å². The standard InChI is InChI=1S/C19H35N3O3.2ClH/c1-5-24-16-12-19(20,18(16,3)4)17(23)21-8-6-15(7-9-21)22-10-11-25-14(2)13-22;;/h14-16H,5-13,20H2,1-4H3;2*1H. The number of carbonyl (C=O) groups is 1. The van der Waals surface area contributed by atoms with Gasteiger partial charge < -0.3 is 20.1 Å². The van der Waals surface area contributed by atoms with E-state index in [0.29, 0.717) is 25.2 Å². The predicted molar refractivity (Wildman–Crippen MR) is 112 cm³/mol. The molecule has 3 atom stereocenters. The third kappa shape index (κ3) is 4.57. The van der Waals surface area contributed by atoms with E-state index in [1.807, 2.05) is 11.8 Å². The van der Waals surface area contributed by atoms with Crippen LogP contribution >= 0.6 is 24.8 Å². The van der Waals surface area contributed by atoms with E-state index in [0.717, 1.165) is 45.6 Å². The van der Waals surface area contributed by atoms with E-state index >= 15 is 0 Å². The van der Waals surface area contributed by atoms with Crippen LogP contribution in [0.3, 0.4) is 0 Å². The molecule has 1 amide bonds. The number of piperidine rings is 1. The van der Waals surface area contributed by atoms with Gasteiger partial charge in [-0.05, 0) is 26.7 Å². The lowest BCUT2D eigenvalue weighted by atomic mass is 9.54. The van der Waals surface area contributed by atoms with Crippen LogP contribution in [-0.2, 0) is 14.3 Å². The molecule has 2 saturated heterocycles. The molecular formula is C19H37Cl2N3O3. The van der Waals surface area contributed by atoms with E-state index < -0.39 is 5.54 Å². The summed E-state index contributed by atoms with van der Waals surface area (Å²) in [5.74, 6) is 0.113. The maximum Gasteiger partial charge on any atom is 0.243 e. The van der Waals surface area contributed by atoms with Crippen molar-refractivity contribution < 1.29 is 14.3 Å². The molecule has 27 heavy (non-hydrogen) atoms. The lowest BCUT2D eigenvalue weighted by molar-refractivity contribution is -0.180. The van der Waals surface area contributed by atoms with E-state index in [1.165, 1.54) is 0 Å². The summed E-state index contributed by atoms with van der Waals surface area (Å²) in [5, 5.41) is 0. The lowest BCUT2D eigenvalue weighted by Crippen LogP contribution is -2.76. The number of amides is 1. The third-order valence-electron chi connectivity index (χ3n) is 6.75. The van der Waals surface area contributed by atoms with E-state index in [9.17, 15) is 4.79 Å². The molecule has 1 aliphatic carbocycles. The van der Waals surface area contributed by atoms with Crippen molar-refractivity contribution in [3.63, 3.8) is 0 Å². The topological polar surface area (TPSA) is 68.0 Å². The predicted octanol–water partition coefficient (Wildman–Crippen LogP) is 2.07. The van der Waals surface area contributed by atoms with E-state index in [1.54, 1.807) is 0 Å². The number of nitrogens with two attached hydrogens (primary N) is 1. The van der Waals surface area contributed by atoms with Crippen molar-refractivity contribution in [2.75, 3.05) is 39.4 Å². The number of ether oxygens (including phenoxy) is 2. The largest absolute Gasteiger partial charge is 0.378 e. The monoisotopic (exact) mass is 425 g/mol. The highest BCUT2D eigenvalue weighted by Crippen LogP contribution is 2.50. The van der Waals surface area contributed by atoms with E-state index in [-0.39, 0.29) is 42.2 Å². The Hall–Kier alpha value is -0.110. The van der Waals surface area contributed by atoms with Crippen LogP contribution in [0.25, 0.3) is 0 Å².